The van der Waals surface area contributed by atoms with Crippen molar-refractivity contribution in [1.82, 2.24) is 10.2 Å². The van der Waals surface area contributed by atoms with Gasteiger partial charge in [0.15, 0.2) is 6.21 Å². The minimum Gasteiger partial charge on any atom is -0.398 e. The van der Waals surface area contributed by atoms with Crippen molar-refractivity contribution in [3.63, 3.8) is 0 Å². The van der Waals surface area contributed by atoms with Crippen LogP contribution in [0, 0.1) is 0 Å². The first-order chi connectivity index (χ1) is 14.1. The first kappa shape index (κ1) is 20.9. The van der Waals surface area contributed by atoms with Gasteiger partial charge < -0.3 is 16.4 Å². The summed E-state index contributed by atoms with van der Waals surface area (Å²) >= 11 is 0. The number of amides is 1. The minimum absolute atomic E-state index is 0.0752. The molecule has 2 atom stereocenters. The quantitative estimate of drug-likeness (QED) is 0.404. The van der Waals surface area contributed by atoms with Crippen molar-refractivity contribution in [3.05, 3.63) is 59.7 Å². The molecule has 29 heavy (non-hydrogen) atoms. The number of piperidine rings is 1. The van der Waals surface area contributed by atoms with Crippen molar-refractivity contribution >= 4 is 23.5 Å². The summed E-state index contributed by atoms with van der Waals surface area (Å²) in [5, 5.41) is 12.3. The van der Waals surface area contributed by atoms with Gasteiger partial charge in [0.2, 0.25) is 5.91 Å². The van der Waals surface area contributed by atoms with Crippen LogP contribution in [-0.2, 0) is 4.79 Å². The molecule has 2 aromatic rings. The molecule has 3 rings (SSSR count). The number of nitrogens with zero attached hydrogens (tertiary/aromatic N) is 1. The van der Waals surface area contributed by atoms with Crippen molar-refractivity contribution < 1.29 is 10.2 Å². The fourth-order valence-corrected chi connectivity index (χ4v) is 3.91. The lowest BCUT2D eigenvalue weighted by atomic mass is 9.98. The van der Waals surface area contributed by atoms with Gasteiger partial charge in [-0.25, -0.2) is 0 Å². The number of nitrogens with one attached hydrogen (secondary N) is 2. The van der Waals surface area contributed by atoms with E-state index < -0.39 is 0 Å². The predicted octanol–water partition coefficient (Wildman–Crippen LogP) is 1.59. The van der Waals surface area contributed by atoms with Crippen LogP contribution in [0.5, 0.6) is 0 Å². The highest BCUT2D eigenvalue weighted by atomic mass is 16.2. The lowest BCUT2D eigenvalue weighted by Gasteiger charge is -2.38. The number of hydrogen-bond acceptors (Lipinski definition) is 4. The van der Waals surface area contributed by atoms with Crippen molar-refractivity contribution in [2.45, 2.75) is 38.3 Å². The van der Waals surface area contributed by atoms with Crippen LogP contribution in [0.2, 0.25) is 0 Å². The SMILES string of the molecule is CCCNC(=O)C(c1ccccc1)N1CCCC(Nc2ccc(N)c(C=[NH2+])c2)C1. The van der Waals surface area contributed by atoms with Crippen molar-refractivity contribution in [3.8, 4) is 0 Å². The lowest BCUT2D eigenvalue weighted by Crippen LogP contribution is -2.48. The second-order valence-electron chi connectivity index (χ2n) is 7.59. The largest absolute Gasteiger partial charge is 0.398 e. The molecule has 0 radical (unpaired) electrons. The Balaban J connectivity index is 1.75. The number of likely N-dealkylation sites (tertiary alicyclic amines) is 1. The number of benzene rings is 2. The van der Waals surface area contributed by atoms with Crippen molar-refractivity contribution in [2.24, 2.45) is 0 Å². The molecule has 2 aromatic carbocycles. The van der Waals surface area contributed by atoms with Crippen LogP contribution in [0.1, 0.15) is 43.4 Å². The van der Waals surface area contributed by atoms with Gasteiger partial charge in [-0.15, -0.1) is 0 Å². The molecule has 2 unspecified atom stereocenters. The van der Waals surface area contributed by atoms with Crippen LogP contribution >= 0.6 is 0 Å². The zero-order valence-corrected chi connectivity index (χ0v) is 17.1. The van der Waals surface area contributed by atoms with Gasteiger partial charge in [-0.1, -0.05) is 37.3 Å². The topological polar surface area (TPSA) is 96.0 Å². The Morgan fingerprint density at radius 2 is 2.10 bits per heavy atom. The molecule has 0 bridgehead atoms. The van der Waals surface area contributed by atoms with Crippen LogP contribution < -0.4 is 21.8 Å². The molecule has 1 heterocycles. The second-order valence-corrected chi connectivity index (χ2v) is 7.59. The molecule has 0 aromatic heterocycles. The number of nitrogens with two attached hydrogens (primary N) is 2. The normalized spacial score (nSPS) is 18.0. The van der Waals surface area contributed by atoms with E-state index in [1.165, 1.54) is 6.21 Å². The van der Waals surface area contributed by atoms with Gasteiger partial charge in [0.1, 0.15) is 6.04 Å². The van der Waals surface area contributed by atoms with Crippen LogP contribution in [0.4, 0.5) is 11.4 Å². The summed E-state index contributed by atoms with van der Waals surface area (Å²) in [6.07, 6.45) is 4.54. The van der Waals surface area contributed by atoms with Gasteiger partial charge in [0.05, 0.1) is 5.56 Å². The summed E-state index contributed by atoms with van der Waals surface area (Å²) in [5.41, 5.74) is 9.46. The van der Waals surface area contributed by atoms with E-state index >= 15 is 0 Å². The molecule has 1 saturated heterocycles. The Kier molecular flexibility index (Phi) is 7.25. The zero-order chi connectivity index (χ0) is 20.6. The van der Waals surface area contributed by atoms with E-state index in [2.05, 4.69) is 22.5 Å². The molecule has 6 heteroatoms. The number of nitrogen functional groups attached to an aromatic ring is 1. The van der Waals surface area contributed by atoms with Gasteiger partial charge in [-0.2, -0.15) is 0 Å². The Morgan fingerprint density at radius 1 is 1.31 bits per heavy atom. The molecule has 0 aliphatic carbocycles. The first-order valence-corrected chi connectivity index (χ1v) is 10.4. The van der Waals surface area contributed by atoms with Gasteiger partial charge in [-0.05, 0) is 49.6 Å². The Hall–Kier alpha value is -2.86. The summed E-state index contributed by atoms with van der Waals surface area (Å²) in [7, 11) is 0. The highest BCUT2D eigenvalue weighted by Crippen LogP contribution is 2.27. The summed E-state index contributed by atoms with van der Waals surface area (Å²) in [4.78, 5) is 15.3. The van der Waals surface area contributed by atoms with Gasteiger partial charge in [0.25, 0.3) is 0 Å². The monoisotopic (exact) mass is 394 g/mol. The molecule has 0 spiro atoms. The number of rotatable bonds is 8. The van der Waals surface area contributed by atoms with Crippen LogP contribution in [0.25, 0.3) is 0 Å². The Labute approximate surface area is 173 Å². The number of hydrogen-bond donors (Lipinski definition) is 4. The maximum absolute atomic E-state index is 13.0. The van der Waals surface area contributed by atoms with E-state index in [1.807, 2.05) is 48.5 Å². The van der Waals surface area contributed by atoms with Gasteiger partial charge >= 0.3 is 0 Å². The molecule has 6 N–H and O–H groups in total. The maximum atomic E-state index is 13.0. The summed E-state index contributed by atoms with van der Waals surface area (Å²) in [5.74, 6) is 0.0752. The third-order valence-electron chi connectivity index (χ3n) is 5.37. The fraction of sp³-hybridized carbons (Fsp3) is 0.391. The average molecular weight is 395 g/mol. The Bertz CT molecular complexity index is 823. The fourth-order valence-electron chi connectivity index (χ4n) is 3.91. The lowest BCUT2D eigenvalue weighted by molar-refractivity contribution is -0.127. The third kappa shape index (κ3) is 5.35. The molecule has 154 valence electrons. The van der Waals surface area contributed by atoms with Gasteiger partial charge in [0, 0.05) is 30.5 Å². The molecule has 1 fully saturated rings. The smallest absolute Gasteiger partial charge is 0.241 e. The second kappa shape index (κ2) is 10.1. The summed E-state index contributed by atoms with van der Waals surface area (Å²) in [6, 6.07) is 15.8. The molecule has 6 nitrogen and oxygen atoms in total. The van der Waals surface area contributed by atoms with Crippen LogP contribution in [0.3, 0.4) is 0 Å². The predicted molar refractivity (Wildman–Crippen MR) is 119 cm³/mol. The minimum atomic E-state index is -0.272. The summed E-state index contributed by atoms with van der Waals surface area (Å²) < 4.78 is 0. The van der Waals surface area contributed by atoms with Gasteiger partial charge in [-0.3, -0.25) is 15.1 Å². The van der Waals surface area contributed by atoms with Crippen LogP contribution in [-0.4, -0.2) is 42.7 Å². The molecule has 1 aliphatic heterocycles. The number of carbonyl (C=O) groups excluding carboxylic acids is 1. The number of carbonyl (C=O) groups is 1. The number of anilines is 2. The van der Waals surface area contributed by atoms with E-state index in [0.717, 1.165) is 49.2 Å². The first-order valence-electron chi connectivity index (χ1n) is 10.4. The van der Waals surface area contributed by atoms with E-state index in [9.17, 15) is 4.79 Å². The van der Waals surface area contributed by atoms with E-state index in [1.54, 1.807) is 0 Å². The maximum Gasteiger partial charge on any atom is 0.241 e. The van der Waals surface area contributed by atoms with E-state index in [4.69, 9.17) is 11.1 Å². The molecular formula is C23H32N5O+. The Morgan fingerprint density at radius 3 is 2.83 bits per heavy atom. The molecular weight excluding hydrogens is 362 g/mol. The van der Waals surface area contributed by atoms with E-state index in [0.29, 0.717) is 12.2 Å². The molecule has 0 saturated carbocycles. The van der Waals surface area contributed by atoms with Crippen molar-refractivity contribution in [1.29, 1.82) is 0 Å². The van der Waals surface area contributed by atoms with Crippen molar-refractivity contribution in [2.75, 3.05) is 30.7 Å². The zero-order valence-electron chi connectivity index (χ0n) is 17.1. The summed E-state index contributed by atoms with van der Waals surface area (Å²) in [6.45, 7) is 4.46. The molecule has 1 amide bonds. The molecule has 1 aliphatic rings. The average Bonchev–Trinajstić information content (AvgIpc) is 2.75. The third-order valence-corrected chi connectivity index (χ3v) is 5.37. The highest BCUT2D eigenvalue weighted by Gasteiger charge is 2.31. The highest BCUT2D eigenvalue weighted by molar-refractivity contribution is 5.85. The standard InChI is InChI=1S/C23H31N5O/c1-2-12-26-23(29)22(17-7-4-3-5-8-17)28-13-6-9-20(16-28)27-19-10-11-21(25)18(14-19)15-24/h3-5,7-8,10-11,14-15,20,22,24,27H,2,6,9,12-13,16,25H2,1H3,(H,26,29)/p+1. The van der Waals surface area contributed by atoms with E-state index in [-0.39, 0.29) is 18.0 Å². The van der Waals surface area contributed by atoms with Crippen LogP contribution in [0.15, 0.2) is 48.5 Å².